The van der Waals surface area contributed by atoms with Gasteiger partial charge in [0.25, 0.3) is 0 Å². The lowest BCUT2D eigenvalue weighted by molar-refractivity contribution is 0.223. The summed E-state index contributed by atoms with van der Waals surface area (Å²) in [5.74, 6) is 2.02. The van der Waals surface area contributed by atoms with Gasteiger partial charge in [-0.1, -0.05) is 19.3 Å². The van der Waals surface area contributed by atoms with E-state index in [0.717, 1.165) is 11.8 Å². The first-order valence-corrected chi connectivity index (χ1v) is 7.11. The van der Waals surface area contributed by atoms with Crippen LogP contribution in [0.4, 0.5) is 0 Å². The van der Waals surface area contributed by atoms with Crippen molar-refractivity contribution in [2.75, 3.05) is 26.2 Å². The maximum Gasteiger partial charge on any atom is -0.00463 e. The fraction of sp³-hybridized carbons (Fsp3) is 0.929. The Kier molecular flexibility index (Phi) is 5.11. The molecular weight excluding hydrogens is 196 g/mol. The molecular formula is C14H27N2-. The second-order valence-electron chi connectivity index (χ2n) is 5.69. The second kappa shape index (κ2) is 6.61. The summed E-state index contributed by atoms with van der Waals surface area (Å²) in [5.41, 5.74) is 0. The molecule has 0 spiro atoms. The SMILES string of the molecule is [CH2-]N1CCC(CCCC2CCNCC2)CC1. The standard InChI is InChI=1S/C14H27N2/c1-16-11-7-14(8-12-16)4-2-3-13-5-9-15-10-6-13/h13-15H,1-12H2/q-1. The molecule has 0 aromatic heterocycles. The summed E-state index contributed by atoms with van der Waals surface area (Å²) in [7, 11) is 4.01. The van der Waals surface area contributed by atoms with Crippen molar-refractivity contribution in [3.8, 4) is 0 Å². The number of nitrogens with zero attached hydrogens (tertiary/aromatic N) is 1. The third-order valence-corrected chi connectivity index (χ3v) is 4.39. The highest BCUT2D eigenvalue weighted by atomic mass is 15.1. The molecule has 2 saturated heterocycles. The zero-order chi connectivity index (χ0) is 11.2. The summed E-state index contributed by atoms with van der Waals surface area (Å²) < 4.78 is 0. The van der Waals surface area contributed by atoms with Crippen molar-refractivity contribution in [3.63, 3.8) is 0 Å². The third-order valence-electron chi connectivity index (χ3n) is 4.39. The zero-order valence-electron chi connectivity index (χ0n) is 10.6. The van der Waals surface area contributed by atoms with Gasteiger partial charge in [0.15, 0.2) is 0 Å². The van der Waals surface area contributed by atoms with E-state index in [1.807, 2.05) is 0 Å². The van der Waals surface area contributed by atoms with Gasteiger partial charge in [-0.25, -0.2) is 0 Å². The Hall–Kier alpha value is -0.0800. The van der Waals surface area contributed by atoms with Crippen molar-refractivity contribution < 1.29 is 0 Å². The molecule has 0 aromatic rings. The number of likely N-dealkylation sites (tertiary alicyclic amines) is 1. The highest BCUT2D eigenvalue weighted by Gasteiger charge is 2.16. The minimum atomic E-state index is 1.000. The van der Waals surface area contributed by atoms with Crippen LogP contribution in [0.3, 0.4) is 0 Å². The predicted molar refractivity (Wildman–Crippen MR) is 69.1 cm³/mol. The van der Waals surface area contributed by atoms with Gasteiger partial charge in [0.2, 0.25) is 0 Å². The molecule has 0 aromatic carbocycles. The lowest BCUT2D eigenvalue weighted by atomic mass is 9.87. The van der Waals surface area contributed by atoms with E-state index >= 15 is 0 Å². The van der Waals surface area contributed by atoms with Crippen LogP contribution in [0.2, 0.25) is 0 Å². The van der Waals surface area contributed by atoms with Gasteiger partial charge in [0, 0.05) is 0 Å². The number of hydrogen-bond donors (Lipinski definition) is 1. The number of piperidine rings is 2. The zero-order valence-corrected chi connectivity index (χ0v) is 10.6. The number of nitrogens with one attached hydrogen (secondary N) is 1. The first kappa shape index (κ1) is 12.4. The Morgan fingerprint density at radius 1 is 0.938 bits per heavy atom. The summed E-state index contributed by atoms with van der Waals surface area (Å²) >= 11 is 0. The largest absolute Gasteiger partial charge is 0.459 e. The Morgan fingerprint density at radius 3 is 2.12 bits per heavy atom. The summed E-state index contributed by atoms with van der Waals surface area (Å²) in [5, 5.41) is 3.45. The van der Waals surface area contributed by atoms with Crippen LogP contribution in [-0.2, 0) is 0 Å². The van der Waals surface area contributed by atoms with Crippen LogP contribution in [0, 0.1) is 18.9 Å². The molecule has 0 aliphatic carbocycles. The fourth-order valence-corrected chi connectivity index (χ4v) is 3.14. The van der Waals surface area contributed by atoms with Crippen LogP contribution in [0.15, 0.2) is 0 Å². The van der Waals surface area contributed by atoms with E-state index in [9.17, 15) is 0 Å². The summed E-state index contributed by atoms with van der Waals surface area (Å²) in [6, 6.07) is 0. The van der Waals surface area contributed by atoms with E-state index in [2.05, 4.69) is 17.3 Å². The minimum Gasteiger partial charge on any atom is -0.459 e. The van der Waals surface area contributed by atoms with Crippen LogP contribution < -0.4 is 5.32 Å². The van der Waals surface area contributed by atoms with Gasteiger partial charge in [0.05, 0.1) is 0 Å². The van der Waals surface area contributed by atoms with Crippen molar-refractivity contribution in [1.29, 1.82) is 0 Å². The van der Waals surface area contributed by atoms with Crippen molar-refractivity contribution in [1.82, 2.24) is 10.2 Å². The van der Waals surface area contributed by atoms with E-state index in [4.69, 9.17) is 0 Å². The molecule has 2 rings (SSSR count). The molecule has 2 heterocycles. The molecule has 2 nitrogen and oxygen atoms in total. The predicted octanol–water partition coefficient (Wildman–Crippen LogP) is 2.66. The maximum absolute atomic E-state index is 4.01. The Bertz CT molecular complexity index is 179. The van der Waals surface area contributed by atoms with Gasteiger partial charge in [0.1, 0.15) is 0 Å². The number of rotatable bonds is 4. The molecule has 1 N–H and O–H groups in total. The average Bonchev–Trinajstić information content (AvgIpc) is 2.33. The molecule has 2 fully saturated rings. The molecule has 2 aliphatic heterocycles. The molecule has 0 unspecified atom stereocenters. The average molecular weight is 223 g/mol. The summed E-state index contributed by atoms with van der Waals surface area (Å²) in [6.07, 6.45) is 10.0. The summed E-state index contributed by atoms with van der Waals surface area (Å²) in [6.45, 7) is 4.95. The van der Waals surface area contributed by atoms with Gasteiger partial charge in [-0.05, 0) is 63.7 Å². The van der Waals surface area contributed by atoms with Gasteiger partial charge in [-0.15, -0.1) is 0 Å². The fourth-order valence-electron chi connectivity index (χ4n) is 3.14. The van der Waals surface area contributed by atoms with Crippen LogP contribution in [-0.4, -0.2) is 31.1 Å². The van der Waals surface area contributed by atoms with Crippen LogP contribution in [0.5, 0.6) is 0 Å². The van der Waals surface area contributed by atoms with Gasteiger partial charge < -0.3 is 10.2 Å². The van der Waals surface area contributed by atoms with E-state index < -0.39 is 0 Å². The Labute approximate surface area is 101 Å². The van der Waals surface area contributed by atoms with Gasteiger partial charge in [-0.2, -0.15) is 0 Å². The maximum atomic E-state index is 4.01. The van der Waals surface area contributed by atoms with Crippen LogP contribution in [0.25, 0.3) is 0 Å². The smallest absolute Gasteiger partial charge is 0.00463 e. The second-order valence-corrected chi connectivity index (χ2v) is 5.69. The van der Waals surface area contributed by atoms with E-state index in [-0.39, 0.29) is 0 Å². The van der Waals surface area contributed by atoms with Crippen molar-refractivity contribution in [2.24, 2.45) is 11.8 Å². The monoisotopic (exact) mass is 223 g/mol. The first-order chi connectivity index (χ1) is 7.84. The lowest BCUT2D eigenvalue weighted by Gasteiger charge is -2.34. The van der Waals surface area contributed by atoms with Crippen molar-refractivity contribution in [2.45, 2.75) is 44.9 Å². The van der Waals surface area contributed by atoms with Crippen LogP contribution in [0.1, 0.15) is 44.9 Å². The van der Waals surface area contributed by atoms with Gasteiger partial charge >= 0.3 is 0 Å². The molecule has 2 heteroatoms. The normalized spacial score (nSPS) is 26.1. The molecule has 0 radical (unpaired) electrons. The van der Waals surface area contributed by atoms with Crippen molar-refractivity contribution >= 4 is 0 Å². The molecule has 0 saturated carbocycles. The third kappa shape index (κ3) is 4.06. The molecule has 0 bridgehead atoms. The van der Waals surface area contributed by atoms with Crippen molar-refractivity contribution in [3.05, 3.63) is 7.05 Å². The summed E-state index contributed by atoms with van der Waals surface area (Å²) in [4.78, 5) is 2.23. The molecule has 2 aliphatic rings. The highest BCUT2D eigenvalue weighted by molar-refractivity contribution is 4.73. The molecule has 16 heavy (non-hydrogen) atoms. The highest BCUT2D eigenvalue weighted by Crippen LogP contribution is 2.25. The molecule has 0 amide bonds. The quantitative estimate of drug-likeness (QED) is 0.737. The van der Waals surface area contributed by atoms with E-state index in [1.54, 1.807) is 0 Å². The first-order valence-electron chi connectivity index (χ1n) is 7.11. The van der Waals surface area contributed by atoms with E-state index in [0.29, 0.717) is 0 Å². The number of hydrogen-bond acceptors (Lipinski definition) is 2. The van der Waals surface area contributed by atoms with E-state index in [1.165, 1.54) is 71.1 Å². The lowest BCUT2D eigenvalue weighted by Crippen LogP contribution is -2.29. The van der Waals surface area contributed by atoms with Crippen LogP contribution >= 0.6 is 0 Å². The Morgan fingerprint density at radius 2 is 1.50 bits per heavy atom. The minimum absolute atomic E-state index is 1.000. The Balaban J connectivity index is 1.53. The topological polar surface area (TPSA) is 15.3 Å². The molecule has 94 valence electrons. The molecule has 0 atom stereocenters. The van der Waals surface area contributed by atoms with Gasteiger partial charge in [-0.3, -0.25) is 7.05 Å².